The van der Waals surface area contributed by atoms with Gasteiger partial charge in [0.1, 0.15) is 0 Å². The minimum Gasteiger partial charge on any atom is -0.378 e. The second-order valence-corrected chi connectivity index (χ2v) is 4.15. The fraction of sp³-hybridized carbons (Fsp3) is 1.00. The Morgan fingerprint density at radius 2 is 2.00 bits per heavy atom. The van der Waals surface area contributed by atoms with Gasteiger partial charge in [-0.05, 0) is 31.6 Å². The van der Waals surface area contributed by atoms with E-state index >= 15 is 0 Å². The molecule has 0 N–H and O–H groups in total. The van der Waals surface area contributed by atoms with Crippen LogP contribution in [0.25, 0.3) is 0 Å². The Hall–Kier alpha value is -0.0400. The van der Waals surface area contributed by atoms with Crippen molar-refractivity contribution in [3.63, 3.8) is 0 Å². The lowest BCUT2D eigenvalue weighted by atomic mass is 9.95. The molecule has 0 spiro atoms. The molecule has 1 saturated carbocycles. The predicted octanol–water partition coefficient (Wildman–Crippen LogP) is 2.60. The Kier molecular flexibility index (Phi) is 2.17. The van der Waals surface area contributed by atoms with Crippen molar-refractivity contribution in [1.29, 1.82) is 0 Å². The summed E-state index contributed by atoms with van der Waals surface area (Å²) in [5, 5.41) is 0. The first-order valence-corrected chi connectivity index (χ1v) is 4.98. The van der Waals surface area contributed by atoms with Crippen LogP contribution in [0.4, 0.5) is 0 Å². The Morgan fingerprint density at radius 1 is 1.18 bits per heavy atom. The van der Waals surface area contributed by atoms with Gasteiger partial charge in [-0.2, -0.15) is 0 Å². The molecule has 11 heavy (non-hydrogen) atoms. The average Bonchev–Trinajstić information content (AvgIpc) is 2.73. The van der Waals surface area contributed by atoms with E-state index in [0.29, 0.717) is 6.10 Å². The number of hydrogen-bond donors (Lipinski definition) is 0. The zero-order valence-corrected chi connectivity index (χ0v) is 7.38. The molecule has 2 fully saturated rings. The molecule has 64 valence electrons. The van der Waals surface area contributed by atoms with Crippen LogP contribution in [0.1, 0.15) is 39.0 Å². The molecule has 1 saturated heterocycles. The topological polar surface area (TPSA) is 9.23 Å². The average molecular weight is 154 g/mol. The molecule has 1 nitrogen and oxygen atoms in total. The summed E-state index contributed by atoms with van der Waals surface area (Å²) in [6.45, 7) is 3.24. The van der Waals surface area contributed by atoms with Crippen molar-refractivity contribution >= 4 is 0 Å². The van der Waals surface area contributed by atoms with Gasteiger partial charge in [0.25, 0.3) is 0 Å². The Balaban J connectivity index is 1.67. The molecule has 0 aromatic rings. The van der Waals surface area contributed by atoms with Crippen molar-refractivity contribution in [1.82, 2.24) is 0 Å². The Labute approximate surface area is 69.1 Å². The van der Waals surface area contributed by atoms with Crippen molar-refractivity contribution in [2.75, 3.05) is 6.61 Å². The third-order valence-electron chi connectivity index (χ3n) is 3.18. The smallest absolute Gasteiger partial charge is 0.0576 e. The maximum atomic E-state index is 5.52. The molecule has 1 aliphatic carbocycles. The quantitative estimate of drug-likeness (QED) is 0.607. The molecule has 1 heteroatoms. The van der Waals surface area contributed by atoms with Crippen LogP contribution in [0.3, 0.4) is 0 Å². The maximum Gasteiger partial charge on any atom is 0.0576 e. The minimum absolute atomic E-state index is 0.550. The normalized spacial score (nSPS) is 37.9. The molecule has 0 amide bonds. The molecule has 2 unspecified atom stereocenters. The summed E-state index contributed by atoms with van der Waals surface area (Å²) in [7, 11) is 0. The highest BCUT2D eigenvalue weighted by Crippen LogP contribution is 2.36. The molecule has 0 aromatic carbocycles. The van der Waals surface area contributed by atoms with E-state index in [4.69, 9.17) is 4.74 Å². The van der Waals surface area contributed by atoms with Crippen LogP contribution < -0.4 is 0 Å². The van der Waals surface area contributed by atoms with Crippen LogP contribution >= 0.6 is 0 Å². The lowest BCUT2D eigenvalue weighted by Crippen LogP contribution is -2.10. The highest BCUT2D eigenvalue weighted by molar-refractivity contribution is 4.78. The Bertz CT molecular complexity index is 129. The molecule has 2 rings (SSSR count). The van der Waals surface area contributed by atoms with E-state index in [0.717, 1.165) is 18.4 Å². The number of hydrogen-bond acceptors (Lipinski definition) is 1. The molecule has 0 bridgehead atoms. The van der Waals surface area contributed by atoms with Gasteiger partial charge in [0.2, 0.25) is 0 Å². The largest absolute Gasteiger partial charge is 0.378 e. The van der Waals surface area contributed by atoms with E-state index in [1.165, 1.54) is 32.1 Å². The van der Waals surface area contributed by atoms with Crippen LogP contribution in [0.15, 0.2) is 0 Å². The third-order valence-corrected chi connectivity index (χ3v) is 3.18. The van der Waals surface area contributed by atoms with Gasteiger partial charge in [0.15, 0.2) is 0 Å². The van der Waals surface area contributed by atoms with Gasteiger partial charge in [0.05, 0.1) is 6.10 Å². The molecule has 0 radical (unpaired) electrons. The monoisotopic (exact) mass is 154 g/mol. The van der Waals surface area contributed by atoms with Crippen LogP contribution in [-0.4, -0.2) is 12.7 Å². The summed E-state index contributed by atoms with van der Waals surface area (Å²) in [6, 6.07) is 0. The van der Waals surface area contributed by atoms with E-state index in [9.17, 15) is 0 Å². The lowest BCUT2D eigenvalue weighted by Gasteiger charge is -2.12. The van der Waals surface area contributed by atoms with Crippen molar-refractivity contribution in [2.45, 2.75) is 45.1 Å². The van der Waals surface area contributed by atoms with Gasteiger partial charge in [-0.15, -0.1) is 0 Å². The summed E-state index contributed by atoms with van der Waals surface area (Å²) in [6.07, 6.45) is 7.76. The molecular weight excluding hydrogens is 136 g/mol. The van der Waals surface area contributed by atoms with Crippen molar-refractivity contribution < 1.29 is 4.74 Å². The van der Waals surface area contributed by atoms with Crippen molar-refractivity contribution in [3.8, 4) is 0 Å². The van der Waals surface area contributed by atoms with Crippen LogP contribution in [-0.2, 0) is 4.74 Å². The number of ether oxygens (including phenoxy) is 1. The summed E-state index contributed by atoms with van der Waals surface area (Å²) >= 11 is 0. The molecule has 1 aliphatic heterocycles. The third kappa shape index (κ3) is 1.96. The minimum atomic E-state index is 0.550. The Morgan fingerprint density at radius 3 is 2.55 bits per heavy atom. The molecular formula is C10H18O. The van der Waals surface area contributed by atoms with Crippen LogP contribution in [0.5, 0.6) is 0 Å². The van der Waals surface area contributed by atoms with Gasteiger partial charge in [-0.1, -0.05) is 19.3 Å². The highest BCUT2D eigenvalue weighted by atomic mass is 16.5. The van der Waals surface area contributed by atoms with Gasteiger partial charge in [-0.3, -0.25) is 0 Å². The molecule has 1 heterocycles. The van der Waals surface area contributed by atoms with Crippen molar-refractivity contribution in [2.24, 2.45) is 11.8 Å². The fourth-order valence-electron chi connectivity index (χ4n) is 2.01. The van der Waals surface area contributed by atoms with E-state index in [-0.39, 0.29) is 0 Å². The first kappa shape index (κ1) is 7.60. The molecule has 2 atom stereocenters. The summed E-state index contributed by atoms with van der Waals surface area (Å²) < 4.78 is 5.52. The number of rotatable bonds is 3. The summed E-state index contributed by atoms with van der Waals surface area (Å²) in [5.41, 5.74) is 0. The highest BCUT2D eigenvalue weighted by Gasteiger charge is 2.27. The standard InChI is InChI=1S/C10H18O/c1-8-10(6-7-11-8)5-4-9-2-3-9/h8-10H,2-7H2,1H3. The summed E-state index contributed by atoms with van der Waals surface area (Å²) in [4.78, 5) is 0. The van der Waals surface area contributed by atoms with E-state index in [1.807, 2.05) is 0 Å². The van der Waals surface area contributed by atoms with E-state index in [1.54, 1.807) is 0 Å². The van der Waals surface area contributed by atoms with Crippen LogP contribution in [0.2, 0.25) is 0 Å². The summed E-state index contributed by atoms with van der Waals surface area (Å²) in [5.74, 6) is 1.98. The fourth-order valence-corrected chi connectivity index (χ4v) is 2.01. The maximum absolute atomic E-state index is 5.52. The zero-order valence-electron chi connectivity index (χ0n) is 7.38. The lowest BCUT2D eigenvalue weighted by molar-refractivity contribution is 0.103. The SMILES string of the molecule is CC1OCCC1CCC1CC1. The second-order valence-electron chi connectivity index (χ2n) is 4.15. The predicted molar refractivity (Wildman–Crippen MR) is 45.5 cm³/mol. The molecule has 2 aliphatic rings. The van der Waals surface area contributed by atoms with Gasteiger partial charge < -0.3 is 4.74 Å². The van der Waals surface area contributed by atoms with Crippen molar-refractivity contribution in [3.05, 3.63) is 0 Å². The van der Waals surface area contributed by atoms with Gasteiger partial charge in [-0.25, -0.2) is 0 Å². The van der Waals surface area contributed by atoms with Crippen LogP contribution in [0, 0.1) is 11.8 Å². The van der Waals surface area contributed by atoms with E-state index < -0.39 is 0 Å². The second kappa shape index (κ2) is 3.14. The first-order valence-electron chi connectivity index (χ1n) is 4.98. The van der Waals surface area contributed by atoms with E-state index in [2.05, 4.69) is 6.92 Å². The van der Waals surface area contributed by atoms with Gasteiger partial charge in [0, 0.05) is 6.61 Å². The van der Waals surface area contributed by atoms with Gasteiger partial charge >= 0.3 is 0 Å². The first-order chi connectivity index (χ1) is 5.36. The molecule has 0 aromatic heterocycles. The zero-order chi connectivity index (χ0) is 7.68.